The van der Waals surface area contributed by atoms with Crippen LogP contribution < -0.4 is 11.1 Å². The Morgan fingerprint density at radius 2 is 2.39 bits per heavy atom. The van der Waals surface area contributed by atoms with Crippen LogP contribution in [-0.4, -0.2) is 27.2 Å². The van der Waals surface area contributed by atoms with E-state index in [2.05, 4.69) is 22.3 Å². The van der Waals surface area contributed by atoms with Gasteiger partial charge in [-0.1, -0.05) is 6.42 Å². The minimum absolute atomic E-state index is 0.425. The van der Waals surface area contributed by atoms with Crippen molar-refractivity contribution in [1.29, 1.82) is 0 Å². The van der Waals surface area contributed by atoms with Gasteiger partial charge in [0.05, 0.1) is 0 Å². The average molecular weight is 245 g/mol. The Hall–Kier alpha value is -1.62. The molecular formula is C13H19N5. The van der Waals surface area contributed by atoms with Crippen LogP contribution in [0.15, 0.2) is 18.3 Å². The number of aromatic nitrogens is 3. The van der Waals surface area contributed by atoms with E-state index in [-0.39, 0.29) is 0 Å². The summed E-state index contributed by atoms with van der Waals surface area (Å²) in [6.45, 7) is 2.80. The molecule has 1 saturated carbocycles. The van der Waals surface area contributed by atoms with Gasteiger partial charge in [-0.3, -0.25) is 0 Å². The predicted octanol–water partition coefficient (Wildman–Crippen LogP) is 1.58. The minimum atomic E-state index is 0.425. The molecule has 2 unspecified atom stereocenters. The van der Waals surface area contributed by atoms with Gasteiger partial charge in [-0.2, -0.15) is 4.98 Å². The van der Waals surface area contributed by atoms with Crippen LogP contribution in [0.3, 0.4) is 0 Å². The van der Waals surface area contributed by atoms with E-state index in [9.17, 15) is 0 Å². The molecule has 1 aliphatic carbocycles. The largest absolute Gasteiger partial charge is 0.350 e. The summed E-state index contributed by atoms with van der Waals surface area (Å²) in [5.74, 6) is 1.27. The van der Waals surface area contributed by atoms with E-state index in [1.165, 1.54) is 18.4 Å². The van der Waals surface area contributed by atoms with Gasteiger partial charge in [0.25, 0.3) is 0 Å². The molecule has 0 saturated heterocycles. The molecule has 2 heterocycles. The summed E-state index contributed by atoms with van der Waals surface area (Å²) in [5.41, 5.74) is 7.87. The topological polar surface area (TPSA) is 68.2 Å². The maximum Gasteiger partial charge on any atom is 0.243 e. The highest BCUT2D eigenvalue weighted by Crippen LogP contribution is 2.26. The van der Waals surface area contributed by atoms with Crippen LogP contribution in [0.1, 0.15) is 24.8 Å². The van der Waals surface area contributed by atoms with Gasteiger partial charge < -0.3 is 11.1 Å². The van der Waals surface area contributed by atoms with Gasteiger partial charge >= 0.3 is 0 Å². The molecule has 18 heavy (non-hydrogen) atoms. The van der Waals surface area contributed by atoms with Gasteiger partial charge in [-0.05, 0) is 49.9 Å². The molecule has 5 nitrogen and oxygen atoms in total. The lowest BCUT2D eigenvalue weighted by molar-refractivity contribution is 0.514. The van der Waals surface area contributed by atoms with Crippen molar-refractivity contribution in [2.24, 2.45) is 11.7 Å². The van der Waals surface area contributed by atoms with Gasteiger partial charge in [0, 0.05) is 12.2 Å². The van der Waals surface area contributed by atoms with E-state index in [0.717, 1.165) is 18.6 Å². The van der Waals surface area contributed by atoms with Gasteiger partial charge in [-0.15, -0.1) is 5.10 Å². The van der Waals surface area contributed by atoms with Crippen molar-refractivity contribution in [3.8, 4) is 0 Å². The third kappa shape index (κ3) is 2.06. The van der Waals surface area contributed by atoms with Crippen molar-refractivity contribution in [1.82, 2.24) is 14.6 Å². The van der Waals surface area contributed by atoms with Crippen molar-refractivity contribution in [3.63, 3.8) is 0 Å². The number of fused-ring (bicyclic) bond motifs is 1. The molecule has 1 aliphatic rings. The Labute approximate surface area is 106 Å². The molecule has 5 heteroatoms. The van der Waals surface area contributed by atoms with E-state index < -0.39 is 0 Å². The number of nitrogens with one attached hydrogen (secondary N) is 1. The third-order valence-corrected chi connectivity index (χ3v) is 3.77. The lowest BCUT2D eigenvalue weighted by Crippen LogP contribution is -2.29. The number of hydrogen-bond donors (Lipinski definition) is 2. The summed E-state index contributed by atoms with van der Waals surface area (Å²) in [6.07, 6.45) is 5.56. The van der Waals surface area contributed by atoms with Crippen LogP contribution in [0, 0.1) is 12.8 Å². The molecular weight excluding hydrogens is 226 g/mol. The summed E-state index contributed by atoms with van der Waals surface area (Å²) in [5, 5.41) is 7.87. The Balaban J connectivity index is 1.82. The maximum absolute atomic E-state index is 5.79. The molecule has 0 radical (unpaired) electrons. The smallest absolute Gasteiger partial charge is 0.243 e. The zero-order valence-corrected chi connectivity index (χ0v) is 10.6. The normalized spacial score (nSPS) is 23.7. The van der Waals surface area contributed by atoms with Gasteiger partial charge in [0.15, 0.2) is 5.65 Å². The Bertz CT molecular complexity index is 547. The number of nitrogens with two attached hydrogens (primary N) is 1. The fraction of sp³-hybridized carbons (Fsp3) is 0.538. The van der Waals surface area contributed by atoms with E-state index in [1.54, 1.807) is 0 Å². The minimum Gasteiger partial charge on any atom is -0.350 e. The zero-order valence-electron chi connectivity index (χ0n) is 10.6. The van der Waals surface area contributed by atoms with Gasteiger partial charge in [0.1, 0.15) is 0 Å². The number of nitrogens with zero attached hydrogens (tertiary/aromatic N) is 3. The molecule has 2 aromatic rings. The number of aryl methyl sites for hydroxylation is 1. The quantitative estimate of drug-likeness (QED) is 0.861. The summed E-state index contributed by atoms with van der Waals surface area (Å²) in [4.78, 5) is 4.51. The second-order valence-corrected chi connectivity index (χ2v) is 5.12. The zero-order chi connectivity index (χ0) is 12.5. The standard InChI is InChI=1S/C13H19N5/c1-9-5-6-18-12(7-9)16-13(17-18)15-11-4-2-3-10(11)8-14/h5-7,10-11H,2-4,8,14H2,1H3,(H,15,17). The third-order valence-electron chi connectivity index (χ3n) is 3.77. The summed E-state index contributed by atoms with van der Waals surface area (Å²) in [6, 6.07) is 4.49. The lowest BCUT2D eigenvalue weighted by atomic mass is 10.0. The maximum atomic E-state index is 5.79. The van der Waals surface area contributed by atoms with Crippen molar-refractivity contribution in [2.75, 3.05) is 11.9 Å². The molecule has 0 aromatic carbocycles. The van der Waals surface area contributed by atoms with Crippen LogP contribution in [-0.2, 0) is 0 Å². The molecule has 0 amide bonds. The van der Waals surface area contributed by atoms with Crippen LogP contribution in [0.5, 0.6) is 0 Å². The monoisotopic (exact) mass is 245 g/mol. The SMILES string of the molecule is Cc1ccn2nc(NC3CCCC3CN)nc2c1. The first kappa shape index (κ1) is 11.5. The molecule has 2 atom stereocenters. The van der Waals surface area contributed by atoms with Gasteiger partial charge in [-0.25, -0.2) is 4.52 Å². The van der Waals surface area contributed by atoms with Crippen molar-refractivity contribution in [2.45, 2.75) is 32.2 Å². The van der Waals surface area contributed by atoms with Crippen LogP contribution in [0.4, 0.5) is 5.95 Å². The van der Waals surface area contributed by atoms with Crippen LogP contribution in [0.25, 0.3) is 5.65 Å². The first-order chi connectivity index (χ1) is 8.76. The number of anilines is 1. The lowest BCUT2D eigenvalue weighted by Gasteiger charge is -2.17. The second kappa shape index (κ2) is 4.57. The first-order valence-corrected chi connectivity index (χ1v) is 6.56. The Kier molecular flexibility index (Phi) is 2.91. The van der Waals surface area contributed by atoms with E-state index in [0.29, 0.717) is 17.9 Å². The van der Waals surface area contributed by atoms with E-state index in [4.69, 9.17) is 5.73 Å². The second-order valence-electron chi connectivity index (χ2n) is 5.12. The summed E-state index contributed by atoms with van der Waals surface area (Å²) in [7, 11) is 0. The highest BCUT2D eigenvalue weighted by atomic mass is 15.3. The number of pyridine rings is 1. The average Bonchev–Trinajstić information content (AvgIpc) is 2.94. The fourth-order valence-corrected chi connectivity index (χ4v) is 2.72. The van der Waals surface area contributed by atoms with Crippen molar-refractivity contribution in [3.05, 3.63) is 23.9 Å². The number of rotatable bonds is 3. The van der Waals surface area contributed by atoms with E-state index in [1.807, 2.05) is 22.8 Å². The molecule has 3 rings (SSSR count). The highest BCUT2D eigenvalue weighted by Gasteiger charge is 2.26. The fourth-order valence-electron chi connectivity index (χ4n) is 2.72. The van der Waals surface area contributed by atoms with Gasteiger partial charge in [0.2, 0.25) is 5.95 Å². The molecule has 96 valence electrons. The first-order valence-electron chi connectivity index (χ1n) is 6.56. The summed E-state index contributed by atoms with van der Waals surface area (Å²) < 4.78 is 1.81. The molecule has 0 spiro atoms. The van der Waals surface area contributed by atoms with Crippen molar-refractivity contribution >= 4 is 11.6 Å². The molecule has 3 N–H and O–H groups in total. The Morgan fingerprint density at radius 1 is 1.50 bits per heavy atom. The van der Waals surface area contributed by atoms with Crippen LogP contribution >= 0.6 is 0 Å². The molecule has 1 fully saturated rings. The number of hydrogen-bond acceptors (Lipinski definition) is 4. The van der Waals surface area contributed by atoms with Crippen LogP contribution in [0.2, 0.25) is 0 Å². The van der Waals surface area contributed by atoms with E-state index >= 15 is 0 Å². The highest BCUT2D eigenvalue weighted by molar-refractivity contribution is 5.45. The molecule has 2 aromatic heterocycles. The van der Waals surface area contributed by atoms with Crippen molar-refractivity contribution < 1.29 is 0 Å². The Morgan fingerprint density at radius 3 is 3.22 bits per heavy atom. The predicted molar refractivity (Wildman–Crippen MR) is 71.5 cm³/mol. The molecule has 0 bridgehead atoms. The summed E-state index contributed by atoms with van der Waals surface area (Å²) >= 11 is 0. The molecule has 0 aliphatic heterocycles.